The Bertz CT molecular complexity index is 1170. The molecule has 0 atom stereocenters. The number of hydrogen-bond acceptors (Lipinski definition) is 5. The van der Waals surface area contributed by atoms with Crippen LogP contribution in [0.3, 0.4) is 0 Å². The van der Waals surface area contributed by atoms with Gasteiger partial charge in [0.25, 0.3) is 0 Å². The van der Waals surface area contributed by atoms with Crippen molar-refractivity contribution in [2.24, 2.45) is 7.05 Å². The van der Waals surface area contributed by atoms with E-state index in [2.05, 4.69) is 21.9 Å². The van der Waals surface area contributed by atoms with Gasteiger partial charge >= 0.3 is 0 Å². The molecular formula is C23H24FN5O. The van der Waals surface area contributed by atoms with Gasteiger partial charge in [0.2, 0.25) is 0 Å². The number of fused-ring (bicyclic) bond motifs is 1. The SMILES string of the molecule is CCCN(c1cc(F)cc(OCC)c1)c1ccc2ncc(-c3cnn(C)c3)nc2c1. The van der Waals surface area contributed by atoms with E-state index in [1.807, 2.05) is 44.4 Å². The van der Waals surface area contributed by atoms with E-state index < -0.39 is 0 Å². The molecule has 2 heterocycles. The number of rotatable bonds is 7. The van der Waals surface area contributed by atoms with E-state index in [4.69, 9.17) is 9.72 Å². The summed E-state index contributed by atoms with van der Waals surface area (Å²) in [4.78, 5) is 11.4. The second-order valence-corrected chi connectivity index (χ2v) is 7.06. The highest BCUT2D eigenvalue weighted by molar-refractivity contribution is 5.82. The van der Waals surface area contributed by atoms with Crippen LogP contribution in [0.5, 0.6) is 5.75 Å². The summed E-state index contributed by atoms with van der Waals surface area (Å²) in [6.45, 7) is 5.20. The molecule has 0 amide bonds. The Labute approximate surface area is 175 Å². The third-order valence-corrected chi connectivity index (χ3v) is 4.76. The molecule has 154 valence electrons. The first-order valence-corrected chi connectivity index (χ1v) is 10.0. The average Bonchev–Trinajstić information content (AvgIpc) is 3.17. The first-order valence-electron chi connectivity index (χ1n) is 10.0. The molecule has 4 aromatic rings. The van der Waals surface area contributed by atoms with Crippen LogP contribution in [0.25, 0.3) is 22.3 Å². The van der Waals surface area contributed by atoms with Crippen molar-refractivity contribution in [2.75, 3.05) is 18.1 Å². The summed E-state index contributed by atoms with van der Waals surface area (Å²) in [6.07, 6.45) is 6.33. The maximum absolute atomic E-state index is 14.2. The van der Waals surface area contributed by atoms with Crippen molar-refractivity contribution in [2.45, 2.75) is 20.3 Å². The Morgan fingerprint density at radius 1 is 1.03 bits per heavy atom. The molecule has 6 nitrogen and oxygen atoms in total. The summed E-state index contributed by atoms with van der Waals surface area (Å²) in [7, 11) is 1.87. The van der Waals surface area contributed by atoms with Crippen molar-refractivity contribution in [3.05, 3.63) is 60.8 Å². The molecule has 0 N–H and O–H groups in total. The Hall–Kier alpha value is -3.48. The summed E-state index contributed by atoms with van der Waals surface area (Å²) < 4.78 is 21.5. The number of benzene rings is 2. The lowest BCUT2D eigenvalue weighted by Gasteiger charge is -2.25. The van der Waals surface area contributed by atoms with Gasteiger partial charge in [-0.1, -0.05) is 6.92 Å². The average molecular weight is 405 g/mol. The summed E-state index contributed by atoms with van der Waals surface area (Å²) in [5, 5.41) is 4.21. The van der Waals surface area contributed by atoms with Crippen molar-refractivity contribution in [3.63, 3.8) is 0 Å². The fourth-order valence-corrected chi connectivity index (χ4v) is 3.44. The topological polar surface area (TPSA) is 56.1 Å². The fourth-order valence-electron chi connectivity index (χ4n) is 3.44. The van der Waals surface area contributed by atoms with Gasteiger partial charge in [-0.3, -0.25) is 9.67 Å². The molecule has 0 fully saturated rings. The minimum atomic E-state index is -0.323. The first kappa shape index (κ1) is 19.8. The van der Waals surface area contributed by atoms with Crippen molar-refractivity contribution in [3.8, 4) is 17.0 Å². The van der Waals surface area contributed by atoms with Crippen LogP contribution in [-0.2, 0) is 7.05 Å². The van der Waals surface area contributed by atoms with E-state index in [9.17, 15) is 4.39 Å². The van der Waals surface area contributed by atoms with Crippen LogP contribution < -0.4 is 9.64 Å². The number of halogens is 1. The quantitative estimate of drug-likeness (QED) is 0.427. The van der Waals surface area contributed by atoms with E-state index in [0.717, 1.165) is 46.6 Å². The zero-order valence-corrected chi connectivity index (χ0v) is 17.3. The van der Waals surface area contributed by atoms with E-state index in [0.29, 0.717) is 12.4 Å². The van der Waals surface area contributed by atoms with Gasteiger partial charge in [0, 0.05) is 48.9 Å². The molecule has 4 rings (SSSR count). The highest BCUT2D eigenvalue weighted by Crippen LogP contribution is 2.32. The monoisotopic (exact) mass is 405 g/mol. The number of ether oxygens (including phenoxy) is 1. The van der Waals surface area contributed by atoms with Gasteiger partial charge in [0.15, 0.2) is 0 Å². The van der Waals surface area contributed by atoms with Gasteiger partial charge in [0.1, 0.15) is 11.6 Å². The third-order valence-electron chi connectivity index (χ3n) is 4.76. The van der Waals surface area contributed by atoms with Gasteiger partial charge in [-0.05, 0) is 37.6 Å². The van der Waals surface area contributed by atoms with Crippen LogP contribution >= 0.6 is 0 Å². The van der Waals surface area contributed by atoms with E-state index in [1.165, 1.54) is 12.1 Å². The first-order chi connectivity index (χ1) is 14.6. The smallest absolute Gasteiger partial charge is 0.128 e. The van der Waals surface area contributed by atoms with Crippen molar-refractivity contribution < 1.29 is 9.13 Å². The van der Waals surface area contributed by atoms with Crippen molar-refractivity contribution in [1.29, 1.82) is 0 Å². The standard InChI is InChI=1S/C23H24FN5O/c1-4-8-29(19-9-17(24)10-20(11-19)30-5-2)18-6-7-21-22(12-18)27-23(14-25-21)16-13-26-28(3)15-16/h6-7,9-15H,4-5,8H2,1-3H3. The summed E-state index contributed by atoms with van der Waals surface area (Å²) in [5.74, 6) is 0.199. The summed E-state index contributed by atoms with van der Waals surface area (Å²) in [6, 6.07) is 10.7. The van der Waals surface area contributed by atoms with E-state index in [1.54, 1.807) is 17.1 Å². The molecule has 0 aliphatic heterocycles. The van der Waals surface area contributed by atoms with Crippen LogP contribution in [0.2, 0.25) is 0 Å². The maximum atomic E-state index is 14.2. The van der Waals surface area contributed by atoms with Gasteiger partial charge in [0.05, 0.1) is 35.7 Å². The Morgan fingerprint density at radius 2 is 1.90 bits per heavy atom. The molecule has 2 aromatic carbocycles. The lowest BCUT2D eigenvalue weighted by atomic mass is 10.2. The van der Waals surface area contributed by atoms with Gasteiger partial charge in [-0.25, -0.2) is 9.37 Å². The van der Waals surface area contributed by atoms with Crippen LogP contribution in [0, 0.1) is 5.82 Å². The number of aromatic nitrogens is 4. The number of nitrogens with zero attached hydrogens (tertiary/aromatic N) is 5. The predicted molar refractivity (Wildman–Crippen MR) is 117 cm³/mol. The van der Waals surface area contributed by atoms with Gasteiger partial charge in [-0.15, -0.1) is 0 Å². The molecule has 0 aliphatic rings. The van der Waals surface area contributed by atoms with Gasteiger partial charge in [-0.2, -0.15) is 5.10 Å². The molecule has 0 bridgehead atoms. The second-order valence-electron chi connectivity index (χ2n) is 7.06. The molecule has 0 radical (unpaired) electrons. The molecule has 0 saturated carbocycles. The number of anilines is 2. The number of aryl methyl sites for hydroxylation is 1. The van der Waals surface area contributed by atoms with Crippen LogP contribution in [-0.4, -0.2) is 32.9 Å². The fraction of sp³-hybridized carbons (Fsp3) is 0.261. The molecular weight excluding hydrogens is 381 g/mol. The minimum Gasteiger partial charge on any atom is -0.494 e. The molecule has 0 unspecified atom stereocenters. The highest BCUT2D eigenvalue weighted by atomic mass is 19.1. The Kier molecular flexibility index (Phi) is 5.61. The summed E-state index contributed by atoms with van der Waals surface area (Å²) in [5.41, 5.74) is 4.92. The lowest BCUT2D eigenvalue weighted by Crippen LogP contribution is -2.18. The maximum Gasteiger partial charge on any atom is 0.128 e. The highest BCUT2D eigenvalue weighted by Gasteiger charge is 2.14. The van der Waals surface area contributed by atoms with Crippen molar-refractivity contribution in [1.82, 2.24) is 19.7 Å². The minimum absolute atomic E-state index is 0.323. The number of hydrogen-bond donors (Lipinski definition) is 0. The zero-order valence-electron chi connectivity index (χ0n) is 17.3. The van der Waals surface area contributed by atoms with Crippen LogP contribution in [0.1, 0.15) is 20.3 Å². The lowest BCUT2D eigenvalue weighted by molar-refractivity contribution is 0.338. The molecule has 2 aromatic heterocycles. The molecule has 0 spiro atoms. The van der Waals surface area contributed by atoms with E-state index >= 15 is 0 Å². The summed E-state index contributed by atoms with van der Waals surface area (Å²) >= 11 is 0. The van der Waals surface area contributed by atoms with E-state index in [-0.39, 0.29) is 5.82 Å². The zero-order chi connectivity index (χ0) is 21.1. The van der Waals surface area contributed by atoms with Gasteiger partial charge < -0.3 is 9.64 Å². The molecule has 7 heteroatoms. The Balaban J connectivity index is 1.76. The predicted octanol–water partition coefficient (Wildman–Crippen LogP) is 5.12. The van der Waals surface area contributed by atoms with Crippen LogP contribution in [0.15, 0.2) is 55.0 Å². The second kappa shape index (κ2) is 8.49. The molecule has 30 heavy (non-hydrogen) atoms. The molecule has 0 saturated heterocycles. The third kappa shape index (κ3) is 4.10. The normalized spacial score (nSPS) is 11.1. The largest absolute Gasteiger partial charge is 0.494 e. The van der Waals surface area contributed by atoms with Crippen molar-refractivity contribution >= 4 is 22.4 Å². The van der Waals surface area contributed by atoms with Crippen LogP contribution in [0.4, 0.5) is 15.8 Å². The molecule has 0 aliphatic carbocycles. The Morgan fingerprint density at radius 3 is 2.63 bits per heavy atom.